The molecule has 0 spiro atoms. The number of carbonyl (C=O) groups excluding carboxylic acids is 1. The average Bonchev–Trinajstić information content (AvgIpc) is 3.45. The molecule has 19 nitrogen and oxygen atoms in total. The summed E-state index contributed by atoms with van der Waals surface area (Å²) >= 11 is 0. The van der Waals surface area contributed by atoms with Crippen LogP contribution in [0.25, 0.3) is 0 Å². The number of aliphatic hydroxyl groups excluding tert-OH is 11. The zero-order valence-electron chi connectivity index (χ0n) is 48.5. The minimum absolute atomic E-state index is 0.234. The Morgan fingerprint density at radius 3 is 1.29 bits per heavy atom. The van der Waals surface area contributed by atoms with Gasteiger partial charge in [-0.05, 0) is 57.8 Å². The smallest absolute Gasteiger partial charge is 0.220 e. The molecule has 0 aromatic carbocycles. The van der Waals surface area contributed by atoms with E-state index >= 15 is 0 Å². The van der Waals surface area contributed by atoms with Gasteiger partial charge in [-0.1, -0.05) is 184 Å². The molecule has 3 aliphatic rings. The normalized spacial score (nSPS) is 30.3. The largest absolute Gasteiger partial charge is 0.394 e. The highest BCUT2D eigenvalue weighted by molar-refractivity contribution is 5.76. The number of unbranched alkanes of at least 4 members (excludes halogenated alkanes) is 23. The first-order valence-electron chi connectivity index (χ1n) is 30.9. The summed E-state index contributed by atoms with van der Waals surface area (Å²) in [6, 6.07) is -0.977. The highest BCUT2D eigenvalue weighted by Gasteiger charge is 2.53. The van der Waals surface area contributed by atoms with Gasteiger partial charge in [0.1, 0.15) is 73.2 Å². The number of hydrogen-bond donors (Lipinski definition) is 12. The third-order valence-electron chi connectivity index (χ3n) is 15.4. The molecule has 0 saturated carbocycles. The van der Waals surface area contributed by atoms with Crippen LogP contribution < -0.4 is 5.32 Å². The fourth-order valence-corrected chi connectivity index (χ4v) is 10.3. The van der Waals surface area contributed by atoms with Gasteiger partial charge >= 0.3 is 0 Å². The highest BCUT2D eigenvalue weighted by atomic mass is 16.8. The Balaban J connectivity index is 1.47. The number of nitrogens with one attached hydrogen (secondary N) is 1. The lowest BCUT2D eigenvalue weighted by atomic mass is 9.96. The molecule has 3 saturated heterocycles. The van der Waals surface area contributed by atoms with Gasteiger partial charge in [-0.25, -0.2) is 0 Å². The lowest BCUT2D eigenvalue weighted by molar-refractivity contribution is -0.379. The average molecular weight is 1140 g/mol. The fourth-order valence-electron chi connectivity index (χ4n) is 10.3. The van der Waals surface area contributed by atoms with Crippen LogP contribution in [-0.4, -0.2) is 193 Å². The van der Waals surface area contributed by atoms with Crippen LogP contribution in [0.5, 0.6) is 0 Å². The summed E-state index contributed by atoms with van der Waals surface area (Å²) in [4.78, 5) is 13.3. The van der Waals surface area contributed by atoms with E-state index in [-0.39, 0.29) is 18.9 Å². The summed E-state index contributed by atoms with van der Waals surface area (Å²) in [5, 5.41) is 120. The summed E-state index contributed by atoms with van der Waals surface area (Å²) in [7, 11) is 0. The number of hydrogen-bond acceptors (Lipinski definition) is 18. The Bertz CT molecular complexity index is 1650. The number of ether oxygens (including phenoxy) is 6. The Morgan fingerprint density at radius 1 is 0.450 bits per heavy atom. The lowest BCUT2D eigenvalue weighted by Crippen LogP contribution is -2.66. The monoisotopic (exact) mass is 1140 g/mol. The molecule has 0 radical (unpaired) electrons. The van der Waals surface area contributed by atoms with Crippen molar-refractivity contribution in [3.8, 4) is 0 Å². The molecule has 3 aliphatic heterocycles. The van der Waals surface area contributed by atoms with Crippen LogP contribution in [0.15, 0.2) is 48.6 Å². The van der Waals surface area contributed by atoms with Crippen molar-refractivity contribution in [2.45, 2.75) is 304 Å². The molecule has 0 aliphatic carbocycles. The quantitative estimate of drug-likeness (QED) is 0.0250. The van der Waals surface area contributed by atoms with E-state index in [1.165, 1.54) is 103 Å². The van der Waals surface area contributed by atoms with Crippen LogP contribution in [-0.2, 0) is 33.2 Å². The second kappa shape index (κ2) is 44.3. The van der Waals surface area contributed by atoms with E-state index in [1.807, 2.05) is 6.08 Å². The van der Waals surface area contributed by atoms with Gasteiger partial charge in [0.15, 0.2) is 18.9 Å². The minimum atomic E-state index is -1.98. The van der Waals surface area contributed by atoms with Gasteiger partial charge in [-0.3, -0.25) is 4.79 Å². The lowest BCUT2D eigenvalue weighted by Gasteiger charge is -2.48. The fraction of sp³-hybridized carbons (Fsp3) is 0.852. The SMILES string of the molecule is CCCCCCC/C=C\C/C=C\C/C=C\CCCCCCCCCCC(=O)NC(COC1OC(CO)C(OC2OC(CO)C(OC3OC(CO)C(O)C(O)C3O)C(O)C2O)C(O)C1O)C(O)/C=C/CCCCCCCCCCCC. The zero-order chi connectivity index (χ0) is 58.3. The van der Waals surface area contributed by atoms with Crippen molar-refractivity contribution >= 4 is 5.91 Å². The molecule has 17 unspecified atom stereocenters. The second-order valence-electron chi connectivity index (χ2n) is 22.2. The molecule has 17 atom stereocenters. The maximum atomic E-state index is 13.3. The van der Waals surface area contributed by atoms with Gasteiger partial charge < -0.3 is 89.9 Å². The minimum Gasteiger partial charge on any atom is -0.394 e. The summed E-state index contributed by atoms with van der Waals surface area (Å²) in [5.41, 5.74) is 0. The second-order valence-corrected chi connectivity index (χ2v) is 22.2. The van der Waals surface area contributed by atoms with Crippen molar-refractivity contribution in [3.05, 3.63) is 48.6 Å². The van der Waals surface area contributed by atoms with E-state index < -0.39 is 124 Å². The molecule has 12 N–H and O–H groups in total. The van der Waals surface area contributed by atoms with Gasteiger partial charge in [0.05, 0.1) is 38.6 Å². The van der Waals surface area contributed by atoms with Gasteiger partial charge in [0, 0.05) is 6.42 Å². The number of rotatable bonds is 45. The van der Waals surface area contributed by atoms with E-state index in [9.17, 15) is 61.0 Å². The first-order valence-corrected chi connectivity index (χ1v) is 30.9. The van der Waals surface area contributed by atoms with Crippen LogP contribution in [0.2, 0.25) is 0 Å². The Labute approximate surface area is 478 Å². The van der Waals surface area contributed by atoms with Crippen molar-refractivity contribution in [2.75, 3.05) is 26.4 Å². The van der Waals surface area contributed by atoms with Crippen LogP contribution in [0.3, 0.4) is 0 Å². The molecule has 0 bridgehead atoms. The first kappa shape index (κ1) is 72.0. The molecule has 19 heteroatoms. The van der Waals surface area contributed by atoms with Gasteiger partial charge in [0.2, 0.25) is 5.91 Å². The predicted octanol–water partition coefficient (Wildman–Crippen LogP) is 5.87. The van der Waals surface area contributed by atoms with Gasteiger partial charge in [-0.2, -0.15) is 0 Å². The molecular formula is C61H109NO18. The highest BCUT2D eigenvalue weighted by Crippen LogP contribution is 2.33. The molecule has 1 amide bonds. The maximum Gasteiger partial charge on any atom is 0.220 e. The third-order valence-corrected chi connectivity index (χ3v) is 15.4. The van der Waals surface area contributed by atoms with E-state index in [1.54, 1.807) is 6.08 Å². The predicted molar refractivity (Wildman–Crippen MR) is 305 cm³/mol. The van der Waals surface area contributed by atoms with Gasteiger partial charge in [0.25, 0.3) is 0 Å². The van der Waals surface area contributed by atoms with Crippen LogP contribution >= 0.6 is 0 Å². The summed E-state index contributed by atoms with van der Waals surface area (Å²) in [6.45, 7) is 1.68. The summed E-state index contributed by atoms with van der Waals surface area (Å²) in [6.07, 6.45) is 22.3. The van der Waals surface area contributed by atoms with E-state index in [0.29, 0.717) is 6.42 Å². The zero-order valence-corrected chi connectivity index (χ0v) is 48.5. The van der Waals surface area contributed by atoms with E-state index in [4.69, 9.17) is 28.4 Å². The molecule has 80 heavy (non-hydrogen) atoms. The van der Waals surface area contributed by atoms with Crippen molar-refractivity contribution < 1.29 is 89.4 Å². The van der Waals surface area contributed by atoms with E-state index in [0.717, 1.165) is 70.6 Å². The Hall–Kier alpha value is -2.25. The molecule has 0 aromatic rings. The summed E-state index contributed by atoms with van der Waals surface area (Å²) < 4.78 is 34.2. The van der Waals surface area contributed by atoms with Crippen LogP contribution in [0, 0.1) is 0 Å². The summed E-state index contributed by atoms with van der Waals surface area (Å²) in [5.74, 6) is -0.285. The Kier molecular flexibility index (Phi) is 39.8. The number of carbonyl (C=O) groups is 1. The molecule has 3 heterocycles. The number of allylic oxidation sites excluding steroid dienone is 7. The molecule has 3 fully saturated rings. The van der Waals surface area contributed by atoms with Crippen molar-refractivity contribution in [1.82, 2.24) is 5.32 Å². The van der Waals surface area contributed by atoms with Crippen molar-refractivity contribution in [1.29, 1.82) is 0 Å². The third kappa shape index (κ3) is 27.6. The maximum absolute atomic E-state index is 13.3. The molecule has 3 rings (SSSR count). The van der Waals surface area contributed by atoms with Crippen molar-refractivity contribution in [2.24, 2.45) is 0 Å². The van der Waals surface area contributed by atoms with Crippen LogP contribution in [0.1, 0.15) is 200 Å². The van der Waals surface area contributed by atoms with Crippen LogP contribution in [0.4, 0.5) is 0 Å². The molecule has 0 aromatic heterocycles. The standard InChI is InChI=1S/C61H109NO18/c1-3-5-7-9-11-13-15-17-18-19-20-21-22-23-24-25-26-27-29-31-33-35-37-39-49(67)62-44(45(66)38-36-34-32-30-28-16-14-12-10-8-6-4-2)43-75-59-55(73)52(70)57(47(41-64)77-59)80-61-56(74)53(71)58(48(42-65)78-61)79-60-54(72)51(69)50(68)46(40-63)76-60/h15,17,19-20,22-23,36,38,44-48,50-61,63-66,68-74H,3-14,16,18,21,24-35,37,39-43H2,1-2H3,(H,62,67)/b17-15-,20-19-,23-22-,38-36+. The van der Waals surface area contributed by atoms with Crippen molar-refractivity contribution in [3.63, 3.8) is 0 Å². The topological polar surface area (TPSA) is 307 Å². The number of amides is 1. The molecule has 466 valence electrons. The molecular weight excluding hydrogens is 1030 g/mol. The Morgan fingerprint density at radius 2 is 0.825 bits per heavy atom. The van der Waals surface area contributed by atoms with Gasteiger partial charge in [-0.15, -0.1) is 0 Å². The number of aliphatic hydroxyl groups is 11. The first-order chi connectivity index (χ1) is 38.8. The van der Waals surface area contributed by atoms with E-state index in [2.05, 4.69) is 55.6 Å².